The van der Waals surface area contributed by atoms with E-state index in [9.17, 15) is 4.79 Å². The van der Waals surface area contributed by atoms with E-state index in [4.69, 9.17) is 4.74 Å². The fraction of sp³-hybridized carbons (Fsp3) is 0.353. The van der Waals surface area contributed by atoms with Gasteiger partial charge in [-0.3, -0.25) is 0 Å². The molecule has 106 valence electrons. The van der Waals surface area contributed by atoms with Crippen LogP contribution in [0.1, 0.15) is 25.8 Å². The number of carbonyl (C=O) groups excluding carboxylic acids is 1. The van der Waals surface area contributed by atoms with Crippen molar-refractivity contribution in [2.45, 2.75) is 26.8 Å². The van der Waals surface area contributed by atoms with E-state index >= 15 is 0 Å². The van der Waals surface area contributed by atoms with Crippen LogP contribution in [0.3, 0.4) is 0 Å². The molecular formula is C17H21NO2. The van der Waals surface area contributed by atoms with Crippen molar-refractivity contribution in [1.82, 2.24) is 4.90 Å². The van der Waals surface area contributed by atoms with Crippen molar-refractivity contribution >= 4 is 5.97 Å². The predicted molar refractivity (Wildman–Crippen MR) is 79.6 cm³/mol. The van der Waals surface area contributed by atoms with E-state index in [0.717, 1.165) is 24.2 Å². The molecular weight excluding hydrogens is 250 g/mol. The Kier molecular flexibility index (Phi) is 4.61. The summed E-state index contributed by atoms with van der Waals surface area (Å²) in [6.45, 7) is 4.83. The number of esters is 1. The highest BCUT2D eigenvalue weighted by molar-refractivity contribution is 5.90. The molecule has 0 amide bonds. The fourth-order valence-electron chi connectivity index (χ4n) is 2.54. The van der Waals surface area contributed by atoms with E-state index in [-0.39, 0.29) is 11.9 Å². The highest BCUT2D eigenvalue weighted by atomic mass is 16.5. The van der Waals surface area contributed by atoms with Gasteiger partial charge < -0.3 is 9.64 Å². The molecule has 0 spiro atoms. The van der Waals surface area contributed by atoms with E-state index in [2.05, 4.69) is 36.2 Å². The van der Waals surface area contributed by atoms with Crippen molar-refractivity contribution in [3.05, 3.63) is 59.4 Å². The molecule has 0 saturated carbocycles. The molecule has 0 N–H and O–H groups in total. The minimum absolute atomic E-state index is 0.148. The third-order valence-electron chi connectivity index (χ3n) is 3.73. The van der Waals surface area contributed by atoms with Crippen molar-refractivity contribution in [3.8, 4) is 0 Å². The third-order valence-corrected chi connectivity index (χ3v) is 3.73. The first-order chi connectivity index (χ1) is 9.67. The normalized spacial score (nSPS) is 18.4. The monoisotopic (exact) mass is 271 g/mol. The van der Waals surface area contributed by atoms with Gasteiger partial charge >= 0.3 is 5.97 Å². The summed E-state index contributed by atoms with van der Waals surface area (Å²) in [6.07, 6.45) is 5.06. The molecule has 3 nitrogen and oxygen atoms in total. The zero-order chi connectivity index (χ0) is 14.5. The summed E-state index contributed by atoms with van der Waals surface area (Å²) < 4.78 is 4.93. The van der Waals surface area contributed by atoms with Crippen LogP contribution in [0.5, 0.6) is 0 Å². The Bertz CT molecular complexity index is 531. The smallest absolute Gasteiger partial charge is 0.336 e. The van der Waals surface area contributed by atoms with Crippen molar-refractivity contribution in [1.29, 1.82) is 0 Å². The molecule has 1 aliphatic rings. The summed E-state index contributed by atoms with van der Waals surface area (Å²) in [4.78, 5) is 14.1. The lowest BCUT2D eigenvalue weighted by molar-refractivity contribution is -0.136. The molecule has 0 saturated heterocycles. The maximum Gasteiger partial charge on any atom is 0.336 e. The Morgan fingerprint density at radius 3 is 2.60 bits per heavy atom. The molecule has 1 unspecified atom stereocenters. The molecule has 1 aliphatic heterocycles. The topological polar surface area (TPSA) is 29.5 Å². The zero-order valence-corrected chi connectivity index (χ0v) is 12.3. The van der Waals surface area contributed by atoms with Gasteiger partial charge in [-0.15, -0.1) is 0 Å². The molecule has 2 rings (SSSR count). The zero-order valence-electron chi connectivity index (χ0n) is 12.3. The third kappa shape index (κ3) is 2.93. The first kappa shape index (κ1) is 14.4. The van der Waals surface area contributed by atoms with Crippen LogP contribution in [-0.4, -0.2) is 18.0 Å². The number of nitrogens with zero attached hydrogens (tertiary/aromatic N) is 1. The largest absolute Gasteiger partial charge is 0.466 e. The first-order valence-electron chi connectivity index (χ1n) is 6.95. The van der Waals surface area contributed by atoms with Crippen LogP contribution in [0.4, 0.5) is 0 Å². The summed E-state index contributed by atoms with van der Waals surface area (Å²) in [5.74, 6) is -0.0776. The van der Waals surface area contributed by atoms with Gasteiger partial charge in [0.1, 0.15) is 0 Å². The number of rotatable bonds is 4. The van der Waals surface area contributed by atoms with E-state index in [1.165, 1.54) is 12.7 Å². The Labute approximate surface area is 120 Å². The molecule has 0 fully saturated rings. The SMILES string of the molecule is CCC1C=CN(Cc2ccccc2)C(C)=C1C(=O)OC. The predicted octanol–water partition coefficient (Wildman–Crippen LogP) is 3.49. The Morgan fingerprint density at radius 2 is 2.00 bits per heavy atom. The van der Waals surface area contributed by atoms with Gasteiger partial charge in [-0.05, 0) is 18.9 Å². The van der Waals surface area contributed by atoms with Gasteiger partial charge in [-0.2, -0.15) is 0 Å². The summed E-state index contributed by atoms with van der Waals surface area (Å²) in [5.41, 5.74) is 2.97. The maximum absolute atomic E-state index is 12.0. The quantitative estimate of drug-likeness (QED) is 0.785. The molecule has 1 heterocycles. The van der Waals surface area contributed by atoms with Crippen molar-refractivity contribution in [2.24, 2.45) is 5.92 Å². The second kappa shape index (κ2) is 6.42. The van der Waals surface area contributed by atoms with Gasteiger partial charge in [0, 0.05) is 24.4 Å². The highest BCUT2D eigenvalue weighted by Crippen LogP contribution is 2.29. The average molecular weight is 271 g/mol. The van der Waals surface area contributed by atoms with E-state index in [0.29, 0.717) is 0 Å². The van der Waals surface area contributed by atoms with Crippen molar-refractivity contribution < 1.29 is 9.53 Å². The second-order valence-corrected chi connectivity index (χ2v) is 4.96. The molecule has 0 aliphatic carbocycles. The number of benzene rings is 1. The first-order valence-corrected chi connectivity index (χ1v) is 6.95. The lowest BCUT2D eigenvalue weighted by Gasteiger charge is -2.30. The summed E-state index contributed by atoms with van der Waals surface area (Å²) >= 11 is 0. The molecule has 0 radical (unpaired) electrons. The van der Waals surface area contributed by atoms with Crippen molar-refractivity contribution in [3.63, 3.8) is 0 Å². The molecule has 20 heavy (non-hydrogen) atoms. The van der Waals surface area contributed by atoms with Gasteiger partial charge in [-0.1, -0.05) is 43.3 Å². The molecule has 0 bridgehead atoms. The van der Waals surface area contributed by atoms with Crippen molar-refractivity contribution in [2.75, 3.05) is 7.11 Å². The van der Waals surface area contributed by atoms with E-state index < -0.39 is 0 Å². The Hall–Kier alpha value is -2.03. The Morgan fingerprint density at radius 1 is 1.30 bits per heavy atom. The number of allylic oxidation sites excluding steroid dienone is 2. The minimum atomic E-state index is -0.225. The van der Waals surface area contributed by atoms with E-state index in [1.807, 2.05) is 25.1 Å². The van der Waals surface area contributed by atoms with Gasteiger partial charge in [-0.25, -0.2) is 4.79 Å². The summed E-state index contributed by atoms with van der Waals surface area (Å²) in [5, 5.41) is 0. The number of hydrogen-bond acceptors (Lipinski definition) is 3. The maximum atomic E-state index is 12.0. The fourth-order valence-corrected chi connectivity index (χ4v) is 2.54. The van der Waals surface area contributed by atoms with Gasteiger partial charge in [0.2, 0.25) is 0 Å². The summed E-state index contributed by atoms with van der Waals surface area (Å²) in [6, 6.07) is 10.2. The van der Waals surface area contributed by atoms with Gasteiger partial charge in [0.05, 0.1) is 12.7 Å². The number of carbonyl (C=O) groups is 1. The number of ether oxygens (including phenoxy) is 1. The van der Waals surface area contributed by atoms with Crippen LogP contribution < -0.4 is 0 Å². The average Bonchev–Trinajstić information content (AvgIpc) is 2.49. The van der Waals surface area contributed by atoms with Crippen LogP contribution in [0.2, 0.25) is 0 Å². The number of methoxy groups -OCH3 is 1. The molecule has 1 atom stereocenters. The van der Waals surface area contributed by atoms with Crippen LogP contribution in [0.15, 0.2) is 53.9 Å². The van der Waals surface area contributed by atoms with Crippen LogP contribution in [0, 0.1) is 5.92 Å². The molecule has 1 aromatic carbocycles. The van der Waals surface area contributed by atoms with Crippen LogP contribution in [0.25, 0.3) is 0 Å². The van der Waals surface area contributed by atoms with Crippen LogP contribution in [-0.2, 0) is 16.1 Å². The number of hydrogen-bond donors (Lipinski definition) is 0. The summed E-state index contributed by atoms with van der Waals surface area (Å²) in [7, 11) is 1.44. The van der Waals surface area contributed by atoms with Gasteiger partial charge in [0.25, 0.3) is 0 Å². The lowest BCUT2D eigenvalue weighted by atomic mass is 9.91. The minimum Gasteiger partial charge on any atom is -0.466 e. The lowest BCUT2D eigenvalue weighted by Crippen LogP contribution is -2.26. The second-order valence-electron chi connectivity index (χ2n) is 4.96. The van der Waals surface area contributed by atoms with Crippen LogP contribution >= 0.6 is 0 Å². The standard InChI is InChI=1S/C17H21NO2/c1-4-15-10-11-18(12-14-8-6-5-7-9-14)13(2)16(15)17(19)20-3/h5-11,15H,4,12H2,1-3H3. The highest BCUT2D eigenvalue weighted by Gasteiger charge is 2.26. The van der Waals surface area contributed by atoms with E-state index in [1.54, 1.807) is 0 Å². The molecule has 0 aromatic heterocycles. The Balaban J connectivity index is 2.27. The molecule has 3 heteroatoms. The molecule has 1 aromatic rings. The van der Waals surface area contributed by atoms with Gasteiger partial charge in [0.15, 0.2) is 0 Å².